The topological polar surface area (TPSA) is 111 Å². The number of quaternary nitrogens is 1. The molecular formula is C44H86NO8P. The number of rotatable bonds is 41. The third-order valence-corrected chi connectivity index (χ3v) is 10.7. The summed E-state index contributed by atoms with van der Waals surface area (Å²) >= 11 is 0. The minimum atomic E-state index is -4.62. The highest BCUT2D eigenvalue weighted by molar-refractivity contribution is 7.45. The molecule has 0 N–H and O–H groups in total. The Hall–Kier alpha value is -1.25. The van der Waals surface area contributed by atoms with Crippen molar-refractivity contribution in [2.24, 2.45) is 0 Å². The van der Waals surface area contributed by atoms with Crippen molar-refractivity contribution >= 4 is 19.8 Å². The smallest absolute Gasteiger partial charge is 0.306 e. The van der Waals surface area contributed by atoms with Crippen LogP contribution in [-0.2, 0) is 32.7 Å². The normalized spacial score (nSPS) is 13.7. The minimum Gasteiger partial charge on any atom is -0.756 e. The van der Waals surface area contributed by atoms with Gasteiger partial charge in [-0.25, -0.2) is 0 Å². The number of phosphoric acid groups is 1. The number of likely N-dealkylation sites (N-methyl/N-ethyl adjacent to an activating group) is 1. The van der Waals surface area contributed by atoms with E-state index in [9.17, 15) is 19.0 Å². The Bertz CT molecular complexity index is 938. The van der Waals surface area contributed by atoms with Gasteiger partial charge in [0.2, 0.25) is 0 Å². The first-order valence-corrected chi connectivity index (χ1v) is 23.9. The molecule has 0 heterocycles. The van der Waals surface area contributed by atoms with Crippen LogP contribution < -0.4 is 4.89 Å². The molecule has 0 aliphatic carbocycles. The Morgan fingerprint density at radius 3 is 1.41 bits per heavy atom. The van der Waals surface area contributed by atoms with Crippen LogP contribution in [0.3, 0.4) is 0 Å². The molecule has 0 bridgehead atoms. The fourth-order valence-electron chi connectivity index (χ4n) is 6.24. The fourth-order valence-corrected chi connectivity index (χ4v) is 6.97. The lowest BCUT2D eigenvalue weighted by Crippen LogP contribution is -2.37. The van der Waals surface area contributed by atoms with Crippen LogP contribution in [0.15, 0.2) is 12.2 Å². The van der Waals surface area contributed by atoms with Crippen molar-refractivity contribution in [2.45, 2.75) is 213 Å². The SMILES string of the molecule is CCCCC/C=C\CCCCCCCCC(=O)O[C@H](COC(=O)CCCCCCCCCCCCCCCCCCC)COP(=O)([O-])OCC[N+](C)(C)C. The number of esters is 2. The lowest BCUT2D eigenvalue weighted by Gasteiger charge is -2.28. The Balaban J connectivity index is 4.30. The highest BCUT2D eigenvalue weighted by Crippen LogP contribution is 2.38. The molecule has 10 heteroatoms. The van der Waals surface area contributed by atoms with E-state index in [-0.39, 0.29) is 32.0 Å². The summed E-state index contributed by atoms with van der Waals surface area (Å²) in [7, 11) is 1.17. The molecule has 0 amide bonds. The van der Waals surface area contributed by atoms with Gasteiger partial charge < -0.3 is 27.9 Å². The first-order valence-electron chi connectivity index (χ1n) is 22.4. The van der Waals surface area contributed by atoms with E-state index in [0.29, 0.717) is 17.4 Å². The van der Waals surface area contributed by atoms with Crippen molar-refractivity contribution in [3.63, 3.8) is 0 Å². The zero-order chi connectivity index (χ0) is 40.0. The predicted octanol–water partition coefficient (Wildman–Crippen LogP) is 11.9. The second-order valence-corrected chi connectivity index (χ2v) is 17.8. The van der Waals surface area contributed by atoms with Crippen LogP contribution in [0.5, 0.6) is 0 Å². The van der Waals surface area contributed by atoms with E-state index in [1.165, 1.54) is 128 Å². The molecule has 0 aromatic rings. The van der Waals surface area contributed by atoms with Gasteiger partial charge in [-0.3, -0.25) is 14.2 Å². The van der Waals surface area contributed by atoms with Gasteiger partial charge >= 0.3 is 11.9 Å². The maximum atomic E-state index is 12.6. The summed E-state index contributed by atoms with van der Waals surface area (Å²) in [5.74, 6) is -0.832. The maximum Gasteiger partial charge on any atom is 0.306 e. The van der Waals surface area contributed by atoms with E-state index < -0.39 is 26.5 Å². The van der Waals surface area contributed by atoms with Crippen LogP contribution in [0.4, 0.5) is 0 Å². The summed E-state index contributed by atoms with van der Waals surface area (Å²) in [4.78, 5) is 37.5. The Kier molecular flexibility index (Phi) is 36.5. The van der Waals surface area contributed by atoms with Gasteiger partial charge in [-0.05, 0) is 38.5 Å². The van der Waals surface area contributed by atoms with Gasteiger partial charge in [-0.1, -0.05) is 167 Å². The molecule has 0 aromatic heterocycles. The van der Waals surface area contributed by atoms with Gasteiger partial charge in [0.05, 0.1) is 27.7 Å². The maximum absolute atomic E-state index is 12.6. The van der Waals surface area contributed by atoms with Crippen molar-refractivity contribution in [2.75, 3.05) is 47.5 Å². The van der Waals surface area contributed by atoms with Gasteiger partial charge in [0.25, 0.3) is 7.82 Å². The molecule has 54 heavy (non-hydrogen) atoms. The Labute approximate surface area is 333 Å². The predicted molar refractivity (Wildman–Crippen MR) is 222 cm³/mol. The first-order chi connectivity index (χ1) is 26.0. The molecule has 320 valence electrons. The number of allylic oxidation sites excluding steroid dienone is 2. The number of nitrogens with zero attached hydrogens (tertiary/aromatic N) is 1. The molecule has 0 aliphatic rings. The molecule has 0 fully saturated rings. The van der Waals surface area contributed by atoms with Gasteiger partial charge in [0.15, 0.2) is 6.10 Å². The molecule has 0 saturated heterocycles. The molecule has 0 aromatic carbocycles. The van der Waals surface area contributed by atoms with Crippen LogP contribution >= 0.6 is 7.82 Å². The highest BCUT2D eigenvalue weighted by atomic mass is 31.2. The minimum absolute atomic E-state index is 0.0289. The number of hydrogen-bond acceptors (Lipinski definition) is 8. The lowest BCUT2D eigenvalue weighted by molar-refractivity contribution is -0.870. The number of carbonyl (C=O) groups excluding carboxylic acids is 2. The van der Waals surface area contributed by atoms with Crippen molar-refractivity contribution in [3.8, 4) is 0 Å². The zero-order valence-electron chi connectivity index (χ0n) is 35.9. The highest BCUT2D eigenvalue weighted by Gasteiger charge is 2.21. The number of unbranched alkanes of at least 4 members (excludes halogenated alkanes) is 25. The van der Waals surface area contributed by atoms with Crippen LogP contribution in [0.1, 0.15) is 206 Å². The standard InChI is InChI=1S/C44H86NO8P/c1-6-8-10-12-14-16-18-20-21-22-23-25-26-28-30-32-34-36-43(46)50-40-42(41-52-54(48,49)51-39-38-45(3,4)5)53-44(47)37-35-33-31-29-27-24-19-17-15-13-11-9-7-2/h15,17,42H,6-14,16,18-41H2,1-5H3/b17-15-/t42-/m1/s1. The molecular weight excluding hydrogens is 701 g/mol. The molecule has 0 aliphatic heterocycles. The van der Waals surface area contributed by atoms with Crippen molar-refractivity contribution in [1.82, 2.24) is 0 Å². The summed E-state index contributed by atoms with van der Waals surface area (Å²) < 4.78 is 33.9. The van der Waals surface area contributed by atoms with E-state index in [1.807, 2.05) is 21.1 Å². The van der Waals surface area contributed by atoms with E-state index in [1.54, 1.807) is 0 Å². The largest absolute Gasteiger partial charge is 0.756 e. The summed E-state index contributed by atoms with van der Waals surface area (Å²) in [5, 5.41) is 0. The van der Waals surface area contributed by atoms with E-state index >= 15 is 0 Å². The number of carbonyl (C=O) groups is 2. The molecule has 9 nitrogen and oxygen atoms in total. The van der Waals surface area contributed by atoms with Crippen LogP contribution in [0.25, 0.3) is 0 Å². The molecule has 0 saturated carbocycles. The summed E-state index contributed by atoms with van der Waals surface area (Å²) in [6.45, 7) is 4.22. The second kappa shape index (κ2) is 37.3. The molecule has 2 atom stereocenters. The van der Waals surface area contributed by atoms with Crippen molar-refractivity contribution < 1.29 is 42.1 Å². The number of hydrogen-bond donors (Lipinski definition) is 0. The molecule has 0 radical (unpaired) electrons. The van der Waals surface area contributed by atoms with Crippen molar-refractivity contribution in [3.05, 3.63) is 12.2 Å². The fraction of sp³-hybridized carbons (Fsp3) is 0.909. The third kappa shape index (κ3) is 40.4. The van der Waals surface area contributed by atoms with Gasteiger partial charge in [0, 0.05) is 12.8 Å². The van der Waals surface area contributed by atoms with E-state index in [4.69, 9.17) is 18.5 Å². The van der Waals surface area contributed by atoms with E-state index in [2.05, 4.69) is 26.0 Å². The Morgan fingerprint density at radius 1 is 0.556 bits per heavy atom. The molecule has 1 unspecified atom stereocenters. The molecule has 0 rings (SSSR count). The van der Waals surface area contributed by atoms with Gasteiger partial charge in [-0.2, -0.15) is 0 Å². The average Bonchev–Trinajstić information content (AvgIpc) is 3.12. The third-order valence-electron chi connectivity index (χ3n) is 9.79. The van der Waals surface area contributed by atoms with E-state index in [0.717, 1.165) is 44.9 Å². The second-order valence-electron chi connectivity index (χ2n) is 16.4. The zero-order valence-corrected chi connectivity index (χ0v) is 36.8. The van der Waals surface area contributed by atoms with Crippen molar-refractivity contribution in [1.29, 1.82) is 0 Å². The number of ether oxygens (including phenoxy) is 2. The quantitative estimate of drug-likeness (QED) is 0.0198. The van der Waals surface area contributed by atoms with Crippen LogP contribution in [0.2, 0.25) is 0 Å². The Morgan fingerprint density at radius 2 is 0.944 bits per heavy atom. The summed E-state index contributed by atoms with van der Waals surface area (Å²) in [6.07, 6.45) is 38.0. The summed E-state index contributed by atoms with van der Waals surface area (Å²) in [6, 6.07) is 0. The average molecular weight is 788 g/mol. The summed E-state index contributed by atoms with van der Waals surface area (Å²) in [5.41, 5.74) is 0. The van der Waals surface area contributed by atoms with Gasteiger partial charge in [0.1, 0.15) is 19.8 Å². The lowest BCUT2D eigenvalue weighted by atomic mass is 10.0. The molecule has 0 spiro atoms. The monoisotopic (exact) mass is 788 g/mol. The van der Waals surface area contributed by atoms with Gasteiger partial charge in [-0.15, -0.1) is 0 Å². The van der Waals surface area contributed by atoms with Crippen LogP contribution in [-0.4, -0.2) is 70.0 Å². The number of phosphoric ester groups is 1. The van der Waals surface area contributed by atoms with Crippen LogP contribution in [0, 0.1) is 0 Å². The first kappa shape index (κ1) is 52.8.